The molecule has 1 aromatic heterocycles. The molecule has 1 amide bonds. The number of carbonyl (C=O) groups excluding carboxylic acids is 2. The molecule has 9 heteroatoms. The minimum Gasteiger partial charge on any atom is -0.451 e. The average molecular weight is 490 g/mol. The Hall–Kier alpha value is -3.07. The Labute approximate surface area is 185 Å². The summed E-state index contributed by atoms with van der Waals surface area (Å²) in [6.45, 7) is -0.577. The number of halogens is 3. The van der Waals surface area contributed by atoms with Gasteiger partial charge in [-0.25, -0.2) is 18.3 Å². The standard InChI is InChI=1S/C22H18BrF2N3O3/c23-13-5-10-18(17(25)11-13)26-20(29)12-31-22(30)21-16-3-1-2-4-19(16)28(27-21)15-8-6-14(24)7-9-15/h5-11H,1-4,12H2,(H,26,29). The second kappa shape index (κ2) is 8.97. The number of nitrogens with zero attached hydrogens (tertiary/aromatic N) is 2. The summed E-state index contributed by atoms with van der Waals surface area (Å²) in [6.07, 6.45) is 3.26. The molecule has 0 unspecified atom stereocenters. The third kappa shape index (κ3) is 4.66. The quantitative estimate of drug-likeness (QED) is 0.532. The van der Waals surface area contributed by atoms with Crippen LogP contribution in [0.2, 0.25) is 0 Å². The molecule has 1 heterocycles. The molecule has 0 atom stereocenters. The Morgan fingerprint density at radius 2 is 1.84 bits per heavy atom. The number of carbonyl (C=O) groups is 2. The van der Waals surface area contributed by atoms with Gasteiger partial charge in [-0.05, 0) is 68.1 Å². The van der Waals surface area contributed by atoms with E-state index in [0.717, 1.165) is 30.5 Å². The van der Waals surface area contributed by atoms with Crippen molar-refractivity contribution < 1.29 is 23.1 Å². The van der Waals surface area contributed by atoms with E-state index in [1.54, 1.807) is 22.9 Å². The number of ether oxygens (including phenoxy) is 1. The van der Waals surface area contributed by atoms with Gasteiger partial charge in [-0.15, -0.1) is 0 Å². The topological polar surface area (TPSA) is 73.2 Å². The van der Waals surface area contributed by atoms with Gasteiger partial charge in [0.05, 0.1) is 11.4 Å². The number of nitrogens with one attached hydrogen (secondary N) is 1. The lowest BCUT2D eigenvalue weighted by atomic mass is 9.95. The van der Waals surface area contributed by atoms with E-state index in [1.165, 1.54) is 24.3 Å². The molecule has 1 N–H and O–H groups in total. The van der Waals surface area contributed by atoms with Gasteiger partial charge < -0.3 is 10.1 Å². The Bertz CT molecular complexity index is 1150. The number of esters is 1. The molecule has 0 spiro atoms. The van der Waals surface area contributed by atoms with E-state index >= 15 is 0 Å². The van der Waals surface area contributed by atoms with Crippen molar-refractivity contribution in [2.75, 3.05) is 11.9 Å². The van der Waals surface area contributed by atoms with E-state index in [9.17, 15) is 18.4 Å². The molecule has 6 nitrogen and oxygen atoms in total. The highest BCUT2D eigenvalue weighted by Gasteiger charge is 2.27. The molecule has 0 saturated heterocycles. The molecule has 0 aliphatic heterocycles. The summed E-state index contributed by atoms with van der Waals surface area (Å²) in [5.74, 6) is -2.37. The highest BCUT2D eigenvalue weighted by molar-refractivity contribution is 9.10. The smallest absolute Gasteiger partial charge is 0.359 e. The van der Waals surface area contributed by atoms with Crippen LogP contribution in [-0.4, -0.2) is 28.3 Å². The van der Waals surface area contributed by atoms with Crippen molar-refractivity contribution in [2.45, 2.75) is 25.7 Å². The number of anilines is 1. The van der Waals surface area contributed by atoms with Gasteiger partial charge in [0, 0.05) is 15.7 Å². The lowest BCUT2D eigenvalue weighted by Gasteiger charge is -2.14. The molecular formula is C22H18BrF2N3O3. The van der Waals surface area contributed by atoms with Crippen LogP contribution >= 0.6 is 15.9 Å². The predicted octanol–water partition coefficient (Wildman–Crippen LogP) is 4.59. The summed E-state index contributed by atoms with van der Waals surface area (Å²) in [6, 6.07) is 10.0. The van der Waals surface area contributed by atoms with E-state index in [-0.39, 0.29) is 17.2 Å². The molecular weight excluding hydrogens is 472 g/mol. The third-order valence-electron chi connectivity index (χ3n) is 4.98. The van der Waals surface area contributed by atoms with Gasteiger partial charge in [0.2, 0.25) is 0 Å². The Kier molecular flexibility index (Phi) is 6.13. The first kappa shape index (κ1) is 21.2. The van der Waals surface area contributed by atoms with Crippen LogP contribution in [0.15, 0.2) is 46.9 Å². The number of hydrogen-bond acceptors (Lipinski definition) is 4. The molecule has 2 aromatic carbocycles. The SMILES string of the molecule is O=C(COC(=O)c1nn(-c2ccc(F)cc2)c2c1CCCC2)Nc1ccc(Br)cc1F. The van der Waals surface area contributed by atoms with Crippen molar-refractivity contribution in [2.24, 2.45) is 0 Å². The maximum atomic E-state index is 13.9. The first-order chi connectivity index (χ1) is 14.9. The zero-order chi connectivity index (χ0) is 22.0. The van der Waals surface area contributed by atoms with Crippen LogP contribution in [0.3, 0.4) is 0 Å². The zero-order valence-electron chi connectivity index (χ0n) is 16.3. The molecule has 3 aromatic rings. The second-order valence-corrected chi connectivity index (χ2v) is 8.03. The maximum Gasteiger partial charge on any atom is 0.359 e. The van der Waals surface area contributed by atoms with E-state index < -0.39 is 24.3 Å². The minimum atomic E-state index is -0.731. The fourth-order valence-corrected chi connectivity index (χ4v) is 3.87. The number of hydrogen-bond donors (Lipinski definition) is 1. The first-order valence-corrected chi connectivity index (χ1v) is 10.5. The molecule has 0 fully saturated rings. The van der Waals surface area contributed by atoms with E-state index in [1.807, 2.05) is 0 Å². The van der Waals surface area contributed by atoms with Gasteiger partial charge in [-0.1, -0.05) is 15.9 Å². The lowest BCUT2D eigenvalue weighted by Crippen LogP contribution is -2.22. The summed E-state index contributed by atoms with van der Waals surface area (Å²) in [5, 5.41) is 6.77. The molecule has 31 heavy (non-hydrogen) atoms. The maximum absolute atomic E-state index is 13.9. The van der Waals surface area contributed by atoms with Gasteiger partial charge in [-0.3, -0.25) is 4.79 Å². The molecule has 1 aliphatic rings. The summed E-state index contributed by atoms with van der Waals surface area (Å²) in [5.41, 5.74) is 2.43. The van der Waals surface area contributed by atoms with Gasteiger partial charge in [-0.2, -0.15) is 5.10 Å². The van der Waals surface area contributed by atoms with Crippen molar-refractivity contribution in [1.82, 2.24) is 9.78 Å². The van der Waals surface area contributed by atoms with Crippen molar-refractivity contribution in [1.29, 1.82) is 0 Å². The Morgan fingerprint density at radius 3 is 2.58 bits per heavy atom. The highest BCUT2D eigenvalue weighted by atomic mass is 79.9. The van der Waals surface area contributed by atoms with Gasteiger partial charge in [0.15, 0.2) is 12.3 Å². The van der Waals surface area contributed by atoms with Crippen LogP contribution in [0.25, 0.3) is 5.69 Å². The van der Waals surface area contributed by atoms with Crippen LogP contribution in [-0.2, 0) is 22.4 Å². The predicted molar refractivity (Wildman–Crippen MR) is 113 cm³/mol. The van der Waals surface area contributed by atoms with Crippen LogP contribution in [0.4, 0.5) is 14.5 Å². The number of benzene rings is 2. The minimum absolute atomic E-state index is 0.0118. The number of amides is 1. The third-order valence-corrected chi connectivity index (χ3v) is 5.48. The van der Waals surface area contributed by atoms with Crippen molar-refractivity contribution >= 4 is 33.5 Å². The fraction of sp³-hybridized carbons (Fsp3) is 0.227. The lowest BCUT2D eigenvalue weighted by molar-refractivity contribution is -0.119. The largest absolute Gasteiger partial charge is 0.451 e. The van der Waals surface area contributed by atoms with Gasteiger partial charge in [0.1, 0.15) is 11.6 Å². The first-order valence-electron chi connectivity index (χ1n) is 9.71. The van der Waals surface area contributed by atoms with Crippen molar-refractivity contribution in [3.63, 3.8) is 0 Å². The molecule has 4 rings (SSSR count). The van der Waals surface area contributed by atoms with E-state index in [2.05, 4.69) is 26.3 Å². The molecule has 0 radical (unpaired) electrons. The summed E-state index contributed by atoms with van der Waals surface area (Å²) in [4.78, 5) is 24.8. The van der Waals surface area contributed by atoms with E-state index in [0.29, 0.717) is 16.6 Å². The summed E-state index contributed by atoms with van der Waals surface area (Å²) >= 11 is 3.14. The molecule has 0 bridgehead atoms. The zero-order valence-corrected chi connectivity index (χ0v) is 17.9. The summed E-state index contributed by atoms with van der Waals surface area (Å²) in [7, 11) is 0. The van der Waals surface area contributed by atoms with Crippen LogP contribution in [0, 0.1) is 11.6 Å². The highest BCUT2D eigenvalue weighted by Crippen LogP contribution is 2.27. The van der Waals surface area contributed by atoms with Crippen LogP contribution < -0.4 is 5.32 Å². The number of aromatic nitrogens is 2. The van der Waals surface area contributed by atoms with Gasteiger partial charge >= 0.3 is 5.97 Å². The number of rotatable bonds is 5. The molecule has 0 saturated carbocycles. The Morgan fingerprint density at radius 1 is 1.10 bits per heavy atom. The monoisotopic (exact) mass is 489 g/mol. The average Bonchev–Trinajstić information content (AvgIpc) is 3.14. The molecule has 160 valence electrons. The van der Waals surface area contributed by atoms with Crippen molar-refractivity contribution in [3.05, 3.63) is 75.5 Å². The van der Waals surface area contributed by atoms with Crippen LogP contribution in [0.5, 0.6) is 0 Å². The Balaban J connectivity index is 1.49. The van der Waals surface area contributed by atoms with Crippen LogP contribution in [0.1, 0.15) is 34.6 Å². The normalized spacial score (nSPS) is 12.9. The van der Waals surface area contributed by atoms with E-state index in [4.69, 9.17) is 4.74 Å². The molecule has 1 aliphatic carbocycles. The van der Waals surface area contributed by atoms with Gasteiger partial charge in [0.25, 0.3) is 5.91 Å². The second-order valence-electron chi connectivity index (χ2n) is 7.12. The van der Waals surface area contributed by atoms with Crippen molar-refractivity contribution in [3.8, 4) is 5.69 Å². The number of fused-ring (bicyclic) bond motifs is 1. The summed E-state index contributed by atoms with van der Waals surface area (Å²) < 4.78 is 34.5. The fourth-order valence-electron chi connectivity index (χ4n) is 3.54.